The molecule has 280 valence electrons. The topological polar surface area (TPSA) is 357 Å². The lowest BCUT2D eigenvalue weighted by atomic mass is 10.1. The fraction of sp³-hybridized carbons (Fsp3) is 0.154. The van der Waals surface area contributed by atoms with Gasteiger partial charge in [0.1, 0.15) is 21.2 Å². The maximum Gasteiger partial charge on any atom is 0.397 e. The number of azo groups is 2. The number of anilines is 1. The van der Waals surface area contributed by atoms with Crippen molar-refractivity contribution in [2.45, 2.75) is 19.6 Å². The summed E-state index contributed by atoms with van der Waals surface area (Å²) in [6.45, 7) is -1.53. The first-order chi connectivity index (χ1) is 23.9. The lowest BCUT2D eigenvalue weighted by molar-refractivity contribution is 0.284. The van der Waals surface area contributed by atoms with Crippen molar-refractivity contribution in [3.8, 4) is 5.75 Å². The molecule has 21 nitrogen and oxygen atoms in total. The Labute approximate surface area is 295 Å². The molecule has 7 N–H and O–H groups in total. The molecule has 4 aromatic rings. The Morgan fingerprint density at radius 2 is 1.04 bits per heavy atom. The number of fused-ring (bicyclic) bond motifs is 1. The molecule has 0 radical (unpaired) electrons. The van der Waals surface area contributed by atoms with Crippen LogP contribution in [0.2, 0.25) is 0 Å². The highest BCUT2D eigenvalue weighted by Crippen LogP contribution is 2.48. The summed E-state index contributed by atoms with van der Waals surface area (Å²) in [4.78, 5) is -2.64. The number of aromatic hydroxyl groups is 1. The Hall–Kier alpha value is -4.51. The third kappa shape index (κ3) is 9.47. The molecule has 52 heavy (non-hydrogen) atoms. The first kappa shape index (κ1) is 40.3. The standard InChI is InChI=1S/C26H25N5O16S5/c27-23-22-15(14-21(51(41,42)43)25(26(22)33)31-29-17-1-5-18(6-2-17)48(34,35)11-9-32)13-20(50(38,39)40)24(23)30-28-16-3-7-19(8-4-16)49(36,37)12-10-47-52(44,45)46/h1-8,13-14,32-33H,9-12,27H2,(H,38,39,40)(H,41,42,43)(H,44,45,46). The number of nitrogen functional groups attached to an aromatic ring is 1. The number of nitrogens with two attached hydrogens (primary N) is 1. The van der Waals surface area contributed by atoms with Crippen molar-refractivity contribution in [3.05, 3.63) is 60.7 Å². The van der Waals surface area contributed by atoms with Crippen LogP contribution in [0.25, 0.3) is 10.8 Å². The second-order valence-corrected chi connectivity index (χ2v) is 18.3. The summed E-state index contributed by atoms with van der Waals surface area (Å²) in [6.07, 6.45) is 0. The van der Waals surface area contributed by atoms with E-state index in [1.165, 1.54) is 0 Å². The van der Waals surface area contributed by atoms with Crippen molar-refractivity contribution in [1.29, 1.82) is 0 Å². The Kier molecular flexibility index (Phi) is 11.5. The van der Waals surface area contributed by atoms with Crippen molar-refractivity contribution >= 4 is 89.5 Å². The Morgan fingerprint density at radius 1 is 0.615 bits per heavy atom. The van der Waals surface area contributed by atoms with Gasteiger partial charge in [0.25, 0.3) is 20.2 Å². The van der Waals surface area contributed by atoms with E-state index in [1.807, 2.05) is 0 Å². The van der Waals surface area contributed by atoms with E-state index in [1.54, 1.807) is 0 Å². The monoisotopic (exact) mass is 823 g/mol. The van der Waals surface area contributed by atoms with Crippen LogP contribution in [0.4, 0.5) is 28.4 Å². The van der Waals surface area contributed by atoms with Gasteiger partial charge in [0, 0.05) is 0 Å². The van der Waals surface area contributed by atoms with Gasteiger partial charge < -0.3 is 15.9 Å². The number of phenolic OH excluding ortho intramolecular Hbond substituents is 1. The summed E-state index contributed by atoms with van der Waals surface area (Å²) in [7, 11) is -23.3. The van der Waals surface area contributed by atoms with Gasteiger partial charge in [-0.05, 0) is 66.0 Å². The summed E-state index contributed by atoms with van der Waals surface area (Å²) in [5, 5.41) is 34.1. The van der Waals surface area contributed by atoms with Crippen LogP contribution in [-0.4, -0.2) is 90.7 Å². The van der Waals surface area contributed by atoms with Crippen molar-refractivity contribution in [1.82, 2.24) is 0 Å². The second kappa shape index (κ2) is 14.8. The summed E-state index contributed by atoms with van der Waals surface area (Å²) < 4.78 is 152. The molecule has 26 heteroatoms. The van der Waals surface area contributed by atoms with E-state index in [2.05, 4.69) is 24.6 Å². The normalized spacial score (nSPS) is 13.4. The Morgan fingerprint density at radius 3 is 1.46 bits per heavy atom. The summed E-state index contributed by atoms with van der Waals surface area (Å²) in [5.74, 6) is -2.47. The van der Waals surface area contributed by atoms with E-state index in [-0.39, 0.29) is 21.2 Å². The first-order valence-corrected chi connectivity index (χ1v) is 21.3. The number of aliphatic hydroxyl groups is 1. The highest BCUT2D eigenvalue weighted by atomic mass is 32.3. The van der Waals surface area contributed by atoms with E-state index in [0.29, 0.717) is 12.1 Å². The van der Waals surface area contributed by atoms with Crippen LogP contribution in [0.1, 0.15) is 0 Å². The molecule has 0 unspecified atom stereocenters. The quantitative estimate of drug-likeness (QED) is 0.0604. The number of hydrogen-bond acceptors (Lipinski definition) is 18. The molecule has 4 rings (SSSR count). The number of phenols is 1. The minimum absolute atomic E-state index is 0.0711. The molecule has 4 aromatic carbocycles. The van der Waals surface area contributed by atoms with E-state index in [0.717, 1.165) is 48.5 Å². The van der Waals surface area contributed by atoms with Crippen LogP contribution >= 0.6 is 0 Å². The number of benzene rings is 4. The summed E-state index contributed by atoms with van der Waals surface area (Å²) in [5.41, 5.74) is 3.57. The van der Waals surface area contributed by atoms with Crippen molar-refractivity contribution in [2.75, 3.05) is 30.5 Å². The number of rotatable bonds is 14. The molecule has 0 fully saturated rings. The Balaban J connectivity index is 1.81. The molecule has 0 amide bonds. The molecule has 0 aliphatic heterocycles. The maximum atomic E-state index is 12.4. The van der Waals surface area contributed by atoms with Crippen molar-refractivity contribution < 1.29 is 70.1 Å². The van der Waals surface area contributed by atoms with Gasteiger partial charge >= 0.3 is 10.4 Å². The van der Waals surface area contributed by atoms with Crippen LogP contribution in [0, 0.1) is 0 Å². The molecule has 0 atom stereocenters. The van der Waals surface area contributed by atoms with Crippen molar-refractivity contribution in [2.24, 2.45) is 20.5 Å². The first-order valence-electron chi connectivity index (χ1n) is 13.7. The van der Waals surface area contributed by atoms with Crippen LogP contribution in [-0.2, 0) is 54.5 Å². The smallest absolute Gasteiger partial charge is 0.397 e. The van der Waals surface area contributed by atoms with Crippen LogP contribution < -0.4 is 5.73 Å². The summed E-state index contributed by atoms with van der Waals surface area (Å²) in [6, 6.07) is 10.1. The van der Waals surface area contributed by atoms with Gasteiger partial charge in [-0.15, -0.1) is 10.2 Å². The molecule has 0 aliphatic rings. The van der Waals surface area contributed by atoms with Crippen LogP contribution in [0.15, 0.2) is 101 Å². The Bertz CT molecular complexity index is 2670. The average molecular weight is 824 g/mol. The molecule has 0 aromatic heterocycles. The molecule has 0 aliphatic carbocycles. The largest absolute Gasteiger partial charge is 0.505 e. The van der Waals surface area contributed by atoms with Crippen LogP contribution in [0.3, 0.4) is 0 Å². The molecule has 0 bridgehead atoms. The predicted molar refractivity (Wildman–Crippen MR) is 180 cm³/mol. The van der Waals surface area contributed by atoms with Gasteiger partial charge in [-0.25, -0.2) is 21.0 Å². The predicted octanol–water partition coefficient (Wildman–Crippen LogP) is 2.81. The van der Waals surface area contributed by atoms with Gasteiger partial charge in [-0.2, -0.15) is 35.5 Å². The third-order valence-electron chi connectivity index (χ3n) is 6.74. The van der Waals surface area contributed by atoms with Gasteiger partial charge in [0.2, 0.25) is 0 Å². The van der Waals surface area contributed by atoms with E-state index < -0.39 is 118 Å². The SMILES string of the molecule is Nc1c(N=Nc2ccc(S(=O)(=O)CCOS(=O)(=O)O)cc2)c(S(=O)(=O)O)cc2cc(S(=O)(=O)O)c(N=Nc3ccc(S(=O)(=O)CCO)cc3)c(O)c12. The lowest BCUT2D eigenvalue weighted by Crippen LogP contribution is -2.15. The fourth-order valence-electron chi connectivity index (χ4n) is 4.36. The van der Waals surface area contributed by atoms with E-state index in [9.17, 15) is 56.3 Å². The van der Waals surface area contributed by atoms with E-state index in [4.69, 9.17) is 15.4 Å². The van der Waals surface area contributed by atoms with E-state index >= 15 is 0 Å². The highest BCUT2D eigenvalue weighted by Gasteiger charge is 2.28. The summed E-state index contributed by atoms with van der Waals surface area (Å²) >= 11 is 0. The molecule has 0 saturated heterocycles. The zero-order valence-corrected chi connectivity index (χ0v) is 29.8. The number of sulfone groups is 2. The van der Waals surface area contributed by atoms with Gasteiger partial charge in [0.15, 0.2) is 25.4 Å². The third-order valence-corrected chi connectivity index (χ3v) is 12.3. The van der Waals surface area contributed by atoms with Crippen LogP contribution in [0.5, 0.6) is 5.75 Å². The number of hydrogen-bond donors (Lipinski definition) is 6. The average Bonchev–Trinajstić information content (AvgIpc) is 3.02. The zero-order valence-electron chi connectivity index (χ0n) is 25.7. The number of aliphatic hydroxyl groups excluding tert-OH is 1. The minimum Gasteiger partial charge on any atom is -0.505 e. The second-order valence-electron chi connectivity index (χ2n) is 10.3. The minimum atomic E-state index is -5.23. The van der Waals surface area contributed by atoms with Gasteiger partial charge in [-0.3, -0.25) is 13.7 Å². The van der Waals surface area contributed by atoms with Gasteiger partial charge in [0.05, 0.1) is 57.0 Å². The van der Waals surface area contributed by atoms with Crippen molar-refractivity contribution in [3.63, 3.8) is 0 Å². The highest BCUT2D eigenvalue weighted by molar-refractivity contribution is 7.91. The molecular formula is C26H25N5O16S5. The zero-order chi connectivity index (χ0) is 38.9. The lowest BCUT2D eigenvalue weighted by Gasteiger charge is -2.14. The molecule has 0 spiro atoms. The van der Waals surface area contributed by atoms with Gasteiger partial charge in [-0.1, -0.05) is 0 Å². The molecule has 0 saturated carbocycles. The molecule has 0 heterocycles. The molecular weight excluding hydrogens is 799 g/mol. The number of nitrogens with zero attached hydrogens (tertiary/aromatic N) is 4. The maximum absolute atomic E-state index is 12.4. The fourth-order valence-corrected chi connectivity index (χ4v) is 8.21.